The minimum atomic E-state index is -1.16. The van der Waals surface area contributed by atoms with Crippen LogP contribution in [0.25, 0.3) is 0 Å². The van der Waals surface area contributed by atoms with E-state index in [1.54, 1.807) is 24.3 Å². The minimum absolute atomic E-state index is 0.0831. The molecule has 0 fully saturated rings. The molecular weight excluding hydrogens is 368 g/mol. The third-order valence-electron chi connectivity index (χ3n) is 3.92. The van der Waals surface area contributed by atoms with E-state index in [0.29, 0.717) is 10.6 Å². The number of amides is 2. The lowest BCUT2D eigenvalue weighted by atomic mass is 10.0. The Labute approximate surface area is 162 Å². The Balaban J connectivity index is 2.11. The van der Waals surface area contributed by atoms with E-state index >= 15 is 0 Å². The molecule has 6 nitrogen and oxygen atoms in total. The van der Waals surface area contributed by atoms with Crippen molar-refractivity contribution in [2.75, 3.05) is 0 Å². The second kappa shape index (κ2) is 9.73. The summed E-state index contributed by atoms with van der Waals surface area (Å²) < 4.78 is 0. The number of carbonyl (C=O) groups excluding carboxylic acids is 2. The first kappa shape index (κ1) is 20.5. The van der Waals surface area contributed by atoms with Crippen molar-refractivity contribution < 1.29 is 19.5 Å². The van der Waals surface area contributed by atoms with Gasteiger partial charge in [-0.05, 0) is 23.3 Å². The van der Waals surface area contributed by atoms with E-state index in [1.807, 2.05) is 30.3 Å². The Kier molecular flexibility index (Phi) is 7.37. The van der Waals surface area contributed by atoms with E-state index < -0.39 is 24.0 Å². The van der Waals surface area contributed by atoms with Crippen LogP contribution in [0.1, 0.15) is 18.1 Å². The number of hydrogen-bond acceptors (Lipinski definition) is 3. The van der Waals surface area contributed by atoms with Crippen LogP contribution in [0.4, 0.5) is 0 Å². The minimum Gasteiger partial charge on any atom is -0.480 e. The van der Waals surface area contributed by atoms with E-state index in [2.05, 4.69) is 10.6 Å². The van der Waals surface area contributed by atoms with Crippen LogP contribution in [-0.2, 0) is 27.2 Å². The van der Waals surface area contributed by atoms with Crippen LogP contribution in [0.3, 0.4) is 0 Å². The average molecular weight is 389 g/mol. The summed E-state index contributed by atoms with van der Waals surface area (Å²) >= 11 is 5.93. The second-order valence-electron chi connectivity index (χ2n) is 6.18. The molecule has 142 valence electrons. The summed E-state index contributed by atoms with van der Waals surface area (Å²) in [7, 11) is 0. The SMILES string of the molecule is CC(=O)N[C@H](Cc1ccccc1)C(=O)N[C@@H](Cc1cccc(Cl)c1)C(=O)O. The number of rotatable bonds is 8. The molecule has 2 aromatic rings. The topological polar surface area (TPSA) is 95.5 Å². The standard InChI is InChI=1S/C20H21ClN2O4/c1-13(24)22-17(11-14-6-3-2-4-7-14)19(25)23-18(20(26)27)12-15-8-5-9-16(21)10-15/h2-10,17-18H,11-12H2,1H3,(H,22,24)(H,23,25)(H,26,27)/t17-,18+/m1/s1. The first-order valence-corrected chi connectivity index (χ1v) is 8.81. The van der Waals surface area contributed by atoms with Crippen LogP contribution >= 0.6 is 11.6 Å². The van der Waals surface area contributed by atoms with E-state index in [9.17, 15) is 19.5 Å². The first-order valence-electron chi connectivity index (χ1n) is 8.44. The molecule has 2 atom stereocenters. The monoisotopic (exact) mass is 388 g/mol. The molecule has 2 rings (SSSR count). The average Bonchev–Trinajstić information content (AvgIpc) is 2.61. The molecule has 0 heterocycles. The van der Waals surface area contributed by atoms with Crippen molar-refractivity contribution in [2.24, 2.45) is 0 Å². The van der Waals surface area contributed by atoms with Gasteiger partial charge in [0.15, 0.2) is 0 Å². The zero-order valence-electron chi connectivity index (χ0n) is 14.8. The molecule has 0 aromatic heterocycles. The molecule has 2 aromatic carbocycles. The molecule has 0 aliphatic heterocycles. The molecule has 0 bridgehead atoms. The smallest absolute Gasteiger partial charge is 0.326 e. The maximum absolute atomic E-state index is 12.6. The van der Waals surface area contributed by atoms with Crippen LogP contribution in [0.5, 0.6) is 0 Å². The Hall–Kier alpha value is -2.86. The summed E-state index contributed by atoms with van der Waals surface area (Å²) in [5.74, 6) is -2.08. The molecule has 0 radical (unpaired) electrons. The lowest BCUT2D eigenvalue weighted by Crippen LogP contribution is -2.52. The van der Waals surface area contributed by atoms with Gasteiger partial charge in [0.2, 0.25) is 11.8 Å². The van der Waals surface area contributed by atoms with Gasteiger partial charge in [0.25, 0.3) is 0 Å². The molecule has 0 saturated carbocycles. The highest BCUT2D eigenvalue weighted by Crippen LogP contribution is 2.13. The molecule has 0 spiro atoms. The third kappa shape index (κ3) is 6.75. The van der Waals surface area contributed by atoms with Crippen molar-refractivity contribution in [1.29, 1.82) is 0 Å². The van der Waals surface area contributed by atoms with Gasteiger partial charge in [-0.1, -0.05) is 54.1 Å². The Morgan fingerprint density at radius 3 is 2.15 bits per heavy atom. The molecule has 27 heavy (non-hydrogen) atoms. The van der Waals surface area contributed by atoms with Crippen LogP contribution in [-0.4, -0.2) is 35.0 Å². The summed E-state index contributed by atoms with van der Waals surface area (Å²) in [6.45, 7) is 1.31. The van der Waals surface area contributed by atoms with Crippen LogP contribution in [0.2, 0.25) is 5.02 Å². The lowest BCUT2D eigenvalue weighted by Gasteiger charge is -2.21. The Bertz CT molecular complexity index is 811. The van der Waals surface area contributed by atoms with E-state index in [4.69, 9.17) is 11.6 Å². The molecule has 7 heteroatoms. The van der Waals surface area contributed by atoms with Crippen molar-refractivity contribution in [3.8, 4) is 0 Å². The van der Waals surface area contributed by atoms with E-state index in [1.165, 1.54) is 6.92 Å². The molecule has 2 amide bonds. The van der Waals surface area contributed by atoms with Gasteiger partial charge in [-0.15, -0.1) is 0 Å². The van der Waals surface area contributed by atoms with Crippen LogP contribution in [0, 0.1) is 0 Å². The van der Waals surface area contributed by atoms with Crippen molar-refractivity contribution in [1.82, 2.24) is 10.6 Å². The summed E-state index contributed by atoms with van der Waals surface area (Å²) in [5, 5.41) is 15.1. The number of aliphatic carboxylic acids is 1. The van der Waals surface area contributed by atoms with E-state index in [0.717, 1.165) is 5.56 Å². The number of hydrogen-bond donors (Lipinski definition) is 3. The lowest BCUT2D eigenvalue weighted by molar-refractivity contribution is -0.142. The summed E-state index contributed by atoms with van der Waals surface area (Å²) in [6, 6.07) is 14.0. The molecule has 0 saturated heterocycles. The normalized spacial score (nSPS) is 12.7. The summed E-state index contributed by atoms with van der Waals surface area (Å²) in [6.07, 6.45) is 0.343. The second-order valence-corrected chi connectivity index (χ2v) is 6.61. The van der Waals surface area contributed by atoms with Gasteiger partial charge in [0.1, 0.15) is 12.1 Å². The van der Waals surface area contributed by atoms with Crippen molar-refractivity contribution in [3.05, 3.63) is 70.7 Å². The zero-order valence-corrected chi connectivity index (χ0v) is 15.6. The molecule has 0 unspecified atom stereocenters. The maximum atomic E-state index is 12.6. The highest BCUT2D eigenvalue weighted by molar-refractivity contribution is 6.30. The fourth-order valence-corrected chi connectivity index (χ4v) is 2.89. The summed E-state index contributed by atoms with van der Waals surface area (Å²) in [5.41, 5.74) is 1.54. The van der Waals surface area contributed by atoms with Crippen molar-refractivity contribution in [2.45, 2.75) is 31.8 Å². The highest BCUT2D eigenvalue weighted by atomic mass is 35.5. The van der Waals surface area contributed by atoms with Gasteiger partial charge in [-0.2, -0.15) is 0 Å². The maximum Gasteiger partial charge on any atom is 0.326 e. The number of carbonyl (C=O) groups is 3. The first-order chi connectivity index (χ1) is 12.8. The van der Waals surface area contributed by atoms with Gasteiger partial charge in [-0.3, -0.25) is 9.59 Å². The van der Waals surface area contributed by atoms with Crippen LogP contribution < -0.4 is 10.6 Å². The van der Waals surface area contributed by atoms with Crippen LogP contribution in [0.15, 0.2) is 54.6 Å². The predicted octanol–water partition coefficient (Wildman–Crippen LogP) is 2.20. The molecular formula is C20H21ClN2O4. The van der Waals surface area contributed by atoms with Crippen molar-refractivity contribution in [3.63, 3.8) is 0 Å². The molecule has 3 N–H and O–H groups in total. The van der Waals surface area contributed by atoms with Crippen molar-refractivity contribution >= 4 is 29.4 Å². The molecule has 0 aliphatic rings. The quantitative estimate of drug-likeness (QED) is 0.646. The van der Waals surface area contributed by atoms with Gasteiger partial charge in [0.05, 0.1) is 0 Å². The fraction of sp³-hybridized carbons (Fsp3) is 0.250. The number of carboxylic acid groups (broad SMARTS) is 1. The number of nitrogens with one attached hydrogen (secondary N) is 2. The van der Waals surface area contributed by atoms with Gasteiger partial charge in [0, 0.05) is 24.8 Å². The Morgan fingerprint density at radius 1 is 0.926 bits per heavy atom. The van der Waals surface area contributed by atoms with Gasteiger partial charge in [-0.25, -0.2) is 4.79 Å². The highest BCUT2D eigenvalue weighted by Gasteiger charge is 2.26. The van der Waals surface area contributed by atoms with E-state index in [-0.39, 0.29) is 18.7 Å². The largest absolute Gasteiger partial charge is 0.480 e. The van der Waals surface area contributed by atoms with Gasteiger partial charge >= 0.3 is 5.97 Å². The third-order valence-corrected chi connectivity index (χ3v) is 4.16. The molecule has 0 aliphatic carbocycles. The predicted molar refractivity (Wildman–Crippen MR) is 102 cm³/mol. The zero-order chi connectivity index (χ0) is 19.8. The number of benzene rings is 2. The number of halogens is 1. The fourth-order valence-electron chi connectivity index (χ4n) is 2.68. The summed E-state index contributed by atoms with van der Waals surface area (Å²) in [4.78, 5) is 35.7. The van der Waals surface area contributed by atoms with Gasteiger partial charge < -0.3 is 15.7 Å². The number of carboxylic acids is 1. The Morgan fingerprint density at radius 2 is 1.56 bits per heavy atom.